The number of benzene rings is 1. The second-order valence-corrected chi connectivity index (χ2v) is 3.95. The summed E-state index contributed by atoms with van der Waals surface area (Å²) in [6.07, 6.45) is 1.47. The van der Waals surface area contributed by atoms with Gasteiger partial charge in [-0.2, -0.15) is 0 Å². The van der Waals surface area contributed by atoms with Gasteiger partial charge in [0.2, 0.25) is 0 Å². The first kappa shape index (κ1) is 10.5. The summed E-state index contributed by atoms with van der Waals surface area (Å²) in [5.41, 5.74) is 1.92. The van der Waals surface area contributed by atoms with Crippen molar-refractivity contribution in [3.05, 3.63) is 33.8 Å². The van der Waals surface area contributed by atoms with Gasteiger partial charge >= 0.3 is 5.97 Å². The van der Waals surface area contributed by atoms with Crippen LogP contribution >= 0.6 is 0 Å². The number of rotatable bonds is 1. The maximum atomic E-state index is 11.5. The van der Waals surface area contributed by atoms with Crippen molar-refractivity contribution in [2.24, 2.45) is 10.9 Å². The van der Waals surface area contributed by atoms with E-state index in [9.17, 15) is 9.59 Å². The number of aryl methyl sites for hydroxylation is 2. The van der Waals surface area contributed by atoms with Gasteiger partial charge in [-0.15, -0.1) is 0 Å². The van der Waals surface area contributed by atoms with E-state index in [1.54, 1.807) is 0 Å². The average molecular weight is 217 g/mol. The first-order valence-corrected chi connectivity index (χ1v) is 4.93. The van der Waals surface area contributed by atoms with Crippen LogP contribution < -0.4 is 10.6 Å². The van der Waals surface area contributed by atoms with Crippen LogP contribution in [0.25, 0.3) is 6.08 Å². The highest BCUT2D eigenvalue weighted by atomic mass is 16.4. The van der Waals surface area contributed by atoms with Crippen LogP contribution in [0.5, 0.6) is 0 Å². The number of carbonyl (C=O) groups excluding carboxylic acids is 1. The summed E-state index contributed by atoms with van der Waals surface area (Å²) >= 11 is 0. The molecule has 0 aromatic heterocycles. The minimum Gasteiger partial charge on any atom is -0.480 e. The van der Waals surface area contributed by atoms with E-state index in [1.165, 1.54) is 6.08 Å². The van der Waals surface area contributed by atoms with Crippen LogP contribution in [0, 0.1) is 19.8 Å². The van der Waals surface area contributed by atoms with Crippen molar-refractivity contribution in [2.75, 3.05) is 0 Å². The lowest BCUT2D eigenvalue weighted by atomic mass is 10.0. The average Bonchev–Trinajstić information content (AvgIpc) is 2.18. The first-order valence-electron chi connectivity index (χ1n) is 4.93. The quantitative estimate of drug-likeness (QED) is 0.670. The van der Waals surface area contributed by atoms with E-state index >= 15 is 0 Å². The Kier molecular flexibility index (Phi) is 2.34. The number of carboxylic acid groups (broad SMARTS) is 1. The molecule has 0 spiro atoms. The molecule has 0 bridgehead atoms. The van der Waals surface area contributed by atoms with Crippen LogP contribution in [0.3, 0.4) is 0 Å². The highest BCUT2D eigenvalue weighted by Gasteiger charge is 2.25. The van der Waals surface area contributed by atoms with E-state index in [4.69, 9.17) is 5.11 Å². The van der Waals surface area contributed by atoms with E-state index in [2.05, 4.69) is 4.99 Å². The maximum absolute atomic E-state index is 11.5. The molecule has 4 nitrogen and oxygen atoms in total. The molecule has 82 valence electrons. The molecule has 1 N–H and O–H groups in total. The second-order valence-electron chi connectivity index (χ2n) is 3.95. The van der Waals surface area contributed by atoms with Crippen molar-refractivity contribution in [1.82, 2.24) is 0 Å². The molecule has 0 aliphatic carbocycles. The molecule has 0 radical (unpaired) electrons. The van der Waals surface area contributed by atoms with Gasteiger partial charge < -0.3 is 5.11 Å². The molecular weight excluding hydrogens is 206 g/mol. The first-order chi connectivity index (χ1) is 7.49. The fourth-order valence-electron chi connectivity index (χ4n) is 1.88. The zero-order valence-corrected chi connectivity index (χ0v) is 9.02. The third-order valence-electron chi connectivity index (χ3n) is 2.57. The largest absolute Gasteiger partial charge is 0.480 e. The van der Waals surface area contributed by atoms with Crippen molar-refractivity contribution in [1.29, 1.82) is 0 Å². The van der Waals surface area contributed by atoms with Gasteiger partial charge in [0.1, 0.15) is 0 Å². The van der Waals surface area contributed by atoms with E-state index in [0.29, 0.717) is 5.36 Å². The Balaban J connectivity index is 2.77. The summed E-state index contributed by atoms with van der Waals surface area (Å²) in [6.45, 7) is 3.78. The summed E-state index contributed by atoms with van der Waals surface area (Å²) in [6, 6.07) is 3.76. The summed E-state index contributed by atoms with van der Waals surface area (Å²) in [7, 11) is 0. The van der Waals surface area contributed by atoms with Crippen LogP contribution in [0.2, 0.25) is 0 Å². The number of hydrogen-bond donors (Lipinski definition) is 1. The van der Waals surface area contributed by atoms with Gasteiger partial charge in [0.25, 0.3) is 5.91 Å². The molecule has 1 amide bonds. The Labute approximate surface area is 91.9 Å². The maximum Gasteiger partial charge on any atom is 0.320 e. The fourth-order valence-corrected chi connectivity index (χ4v) is 1.88. The van der Waals surface area contributed by atoms with Gasteiger partial charge in [-0.3, -0.25) is 9.59 Å². The Morgan fingerprint density at radius 1 is 1.38 bits per heavy atom. The lowest BCUT2D eigenvalue weighted by molar-refractivity contribution is -0.143. The predicted molar refractivity (Wildman–Crippen MR) is 57.3 cm³/mol. The highest BCUT2D eigenvalue weighted by molar-refractivity contribution is 6.03. The molecular formula is C12H11NO3. The Morgan fingerprint density at radius 2 is 2.06 bits per heavy atom. The lowest BCUT2D eigenvalue weighted by Gasteiger charge is -2.09. The third kappa shape index (κ3) is 1.62. The molecule has 1 aromatic carbocycles. The zero-order valence-electron chi connectivity index (χ0n) is 9.02. The molecule has 1 unspecified atom stereocenters. The topological polar surface area (TPSA) is 66.7 Å². The zero-order chi connectivity index (χ0) is 11.9. The molecule has 1 atom stereocenters. The third-order valence-corrected chi connectivity index (χ3v) is 2.57. The summed E-state index contributed by atoms with van der Waals surface area (Å²) in [5.74, 6) is -2.90. The van der Waals surface area contributed by atoms with Crippen LogP contribution in [0.4, 0.5) is 0 Å². The Bertz CT molecular complexity index is 601. The van der Waals surface area contributed by atoms with Gasteiger partial charge in [-0.1, -0.05) is 23.8 Å². The predicted octanol–water partition coefficient (Wildman–Crippen LogP) is -0.0555. The van der Waals surface area contributed by atoms with Gasteiger partial charge in [-0.25, -0.2) is 4.99 Å². The van der Waals surface area contributed by atoms with E-state index in [-0.39, 0.29) is 0 Å². The molecule has 0 fully saturated rings. The van der Waals surface area contributed by atoms with Crippen molar-refractivity contribution in [3.8, 4) is 0 Å². The number of aliphatic carboxylic acids is 1. The molecule has 16 heavy (non-hydrogen) atoms. The molecule has 0 saturated heterocycles. The number of nitrogens with zero attached hydrogens (tertiary/aromatic N) is 1. The van der Waals surface area contributed by atoms with Crippen LogP contribution in [0.15, 0.2) is 17.1 Å². The van der Waals surface area contributed by atoms with Gasteiger partial charge in [0.05, 0.1) is 5.36 Å². The monoisotopic (exact) mass is 217 g/mol. The highest BCUT2D eigenvalue weighted by Crippen LogP contribution is 2.05. The number of carbonyl (C=O) groups is 2. The standard InChI is InChI=1S/C12H11NO3/c1-6-3-7(2)10-8(4-6)5-9(12(15)16)11(14)13-10/h3-5,9H,1-2H3,(H,15,16). The van der Waals surface area contributed by atoms with Crippen molar-refractivity contribution < 1.29 is 14.7 Å². The van der Waals surface area contributed by atoms with Crippen LogP contribution in [-0.4, -0.2) is 17.0 Å². The molecule has 1 aliphatic heterocycles. The van der Waals surface area contributed by atoms with E-state index < -0.39 is 17.8 Å². The molecule has 1 aromatic rings. The SMILES string of the molecule is Cc1cc(C)c2c(c1)=CC(C(=O)O)C(=O)N=2. The minimum absolute atomic E-state index is 0.591. The molecule has 4 heteroatoms. The van der Waals surface area contributed by atoms with Crippen molar-refractivity contribution in [3.63, 3.8) is 0 Å². The number of fused-ring (bicyclic) bond motifs is 1. The van der Waals surface area contributed by atoms with Crippen LogP contribution in [-0.2, 0) is 9.59 Å². The van der Waals surface area contributed by atoms with Crippen LogP contribution in [0.1, 0.15) is 11.1 Å². The van der Waals surface area contributed by atoms with Crippen molar-refractivity contribution >= 4 is 18.0 Å². The van der Waals surface area contributed by atoms with Gasteiger partial charge in [0, 0.05) is 0 Å². The fraction of sp³-hybridized carbons (Fsp3) is 0.250. The summed E-state index contributed by atoms with van der Waals surface area (Å²) in [5, 5.41) is 10.2. The van der Waals surface area contributed by atoms with E-state index in [0.717, 1.165) is 16.3 Å². The van der Waals surface area contributed by atoms with Gasteiger partial charge in [-0.05, 0) is 24.6 Å². The van der Waals surface area contributed by atoms with E-state index in [1.807, 2.05) is 26.0 Å². The smallest absolute Gasteiger partial charge is 0.320 e. The normalized spacial score (nSPS) is 18.4. The Morgan fingerprint density at radius 3 is 2.69 bits per heavy atom. The molecule has 2 rings (SSSR count). The van der Waals surface area contributed by atoms with Crippen molar-refractivity contribution in [2.45, 2.75) is 13.8 Å². The Hall–Kier alpha value is -1.97. The summed E-state index contributed by atoms with van der Waals surface area (Å²) < 4.78 is 0. The second kappa shape index (κ2) is 3.56. The summed E-state index contributed by atoms with van der Waals surface area (Å²) in [4.78, 5) is 26.1. The minimum atomic E-state index is -1.15. The molecule has 0 saturated carbocycles. The van der Waals surface area contributed by atoms with Gasteiger partial charge in [0.15, 0.2) is 5.92 Å². The molecule has 1 heterocycles. The molecule has 1 aliphatic rings. The number of amides is 1. The number of hydrogen-bond acceptors (Lipinski definition) is 2. The number of carboxylic acids is 1. The lowest BCUT2D eigenvalue weighted by Crippen LogP contribution is -2.38.